The van der Waals surface area contributed by atoms with Crippen molar-refractivity contribution in [2.75, 3.05) is 0 Å². The Morgan fingerprint density at radius 1 is 1.28 bits per heavy atom. The van der Waals surface area contributed by atoms with Crippen LogP contribution < -0.4 is 10.1 Å². The highest BCUT2D eigenvalue weighted by Gasteiger charge is 2.32. The number of carbonyl (C=O) groups excluding carboxylic acids is 1. The van der Waals surface area contributed by atoms with E-state index in [1.807, 2.05) is 12.1 Å². The molecule has 1 amide bonds. The Morgan fingerprint density at radius 2 is 2.03 bits per heavy atom. The van der Waals surface area contributed by atoms with Gasteiger partial charge in [0.15, 0.2) is 5.17 Å². The molecule has 2 aromatic carbocycles. The maximum Gasteiger partial charge on any atom is 0.305 e. The SMILES string of the molecule is N#Cc1ccccc1COc1ccc(C=NN=C2NC(=O)C(CC(=O)O)S2)cc1. The van der Waals surface area contributed by atoms with E-state index in [1.54, 1.807) is 36.4 Å². The van der Waals surface area contributed by atoms with Gasteiger partial charge in [-0.05, 0) is 35.9 Å². The number of hydrogen-bond acceptors (Lipinski definition) is 7. The first-order valence-corrected chi connectivity index (χ1v) is 9.44. The third-order valence-electron chi connectivity index (χ3n) is 3.90. The third-order valence-corrected chi connectivity index (χ3v) is 4.98. The van der Waals surface area contributed by atoms with Gasteiger partial charge in [0, 0.05) is 5.56 Å². The summed E-state index contributed by atoms with van der Waals surface area (Å²) in [4.78, 5) is 22.3. The highest BCUT2D eigenvalue weighted by molar-refractivity contribution is 8.15. The van der Waals surface area contributed by atoms with Gasteiger partial charge in [0.2, 0.25) is 5.91 Å². The molecule has 1 saturated heterocycles. The third kappa shape index (κ3) is 5.67. The monoisotopic (exact) mass is 408 g/mol. The molecule has 0 saturated carbocycles. The molecule has 1 aliphatic rings. The lowest BCUT2D eigenvalue weighted by Gasteiger charge is -2.07. The highest BCUT2D eigenvalue weighted by Crippen LogP contribution is 2.22. The van der Waals surface area contributed by atoms with Gasteiger partial charge in [-0.15, -0.1) is 5.10 Å². The van der Waals surface area contributed by atoms with E-state index in [4.69, 9.17) is 15.1 Å². The summed E-state index contributed by atoms with van der Waals surface area (Å²) >= 11 is 1.04. The second-order valence-electron chi connectivity index (χ2n) is 5.97. The number of carboxylic acid groups (broad SMARTS) is 1. The predicted molar refractivity (Wildman–Crippen MR) is 109 cm³/mol. The van der Waals surface area contributed by atoms with Gasteiger partial charge in [-0.3, -0.25) is 9.59 Å². The van der Waals surface area contributed by atoms with Crippen molar-refractivity contribution in [2.24, 2.45) is 10.2 Å². The first-order chi connectivity index (χ1) is 14.0. The van der Waals surface area contributed by atoms with E-state index in [2.05, 4.69) is 21.6 Å². The van der Waals surface area contributed by atoms with E-state index >= 15 is 0 Å². The first kappa shape index (κ1) is 20.1. The molecule has 146 valence electrons. The number of amides is 1. The topological polar surface area (TPSA) is 124 Å². The highest BCUT2D eigenvalue weighted by atomic mass is 32.2. The number of carbonyl (C=O) groups is 2. The summed E-state index contributed by atoms with van der Waals surface area (Å²) in [6, 6.07) is 16.5. The molecule has 0 aliphatic carbocycles. The Bertz CT molecular complexity index is 1010. The zero-order chi connectivity index (χ0) is 20.6. The Kier molecular flexibility index (Phi) is 6.60. The molecule has 1 heterocycles. The lowest BCUT2D eigenvalue weighted by Crippen LogP contribution is -2.26. The molecule has 3 rings (SSSR count). The quantitative estimate of drug-likeness (QED) is 0.536. The van der Waals surface area contributed by atoms with Crippen LogP contribution in [-0.4, -0.2) is 33.6 Å². The van der Waals surface area contributed by atoms with E-state index in [-0.39, 0.29) is 17.5 Å². The van der Waals surface area contributed by atoms with Gasteiger partial charge >= 0.3 is 5.97 Å². The van der Waals surface area contributed by atoms with Gasteiger partial charge < -0.3 is 15.2 Å². The molecule has 1 atom stereocenters. The fourth-order valence-corrected chi connectivity index (χ4v) is 3.37. The molecule has 2 N–H and O–H groups in total. The second kappa shape index (κ2) is 9.52. The zero-order valence-electron chi connectivity index (χ0n) is 15.1. The van der Waals surface area contributed by atoms with Crippen LogP contribution in [0.2, 0.25) is 0 Å². The number of amidine groups is 1. The molecule has 1 aliphatic heterocycles. The summed E-state index contributed by atoms with van der Waals surface area (Å²) in [6.07, 6.45) is 1.25. The smallest absolute Gasteiger partial charge is 0.305 e. The van der Waals surface area contributed by atoms with Gasteiger partial charge in [0.25, 0.3) is 0 Å². The van der Waals surface area contributed by atoms with Crippen molar-refractivity contribution < 1.29 is 19.4 Å². The van der Waals surface area contributed by atoms with E-state index < -0.39 is 11.2 Å². The molecule has 1 unspecified atom stereocenters. The number of rotatable bonds is 7. The molecule has 8 nitrogen and oxygen atoms in total. The standard InChI is InChI=1S/C20H16N4O4S/c21-10-14-3-1-2-4-15(14)12-28-16-7-5-13(6-8-16)11-22-24-20-23-19(27)17(29-20)9-18(25)26/h1-8,11,17H,9,12H2,(H,25,26)(H,23,24,27). The minimum Gasteiger partial charge on any atom is -0.489 e. The minimum atomic E-state index is -1.04. The maximum absolute atomic E-state index is 11.6. The number of carboxylic acids is 1. The fourth-order valence-electron chi connectivity index (χ4n) is 2.46. The number of thioether (sulfide) groups is 1. The van der Waals surface area contributed by atoms with Crippen molar-refractivity contribution in [1.82, 2.24) is 5.32 Å². The van der Waals surface area contributed by atoms with E-state index in [9.17, 15) is 9.59 Å². The Hall–Kier alpha value is -3.64. The summed E-state index contributed by atoms with van der Waals surface area (Å²) in [7, 11) is 0. The number of nitrogens with one attached hydrogen (secondary N) is 1. The molecule has 0 bridgehead atoms. The summed E-state index contributed by atoms with van der Waals surface area (Å²) < 4.78 is 5.71. The summed E-state index contributed by atoms with van der Waals surface area (Å²) in [5, 5.41) is 27.8. The van der Waals surface area contributed by atoms with Crippen LogP contribution >= 0.6 is 11.8 Å². The largest absolute Gasteiger partial charge is 0.489 e. The van der Waals surface area contributed by atoms with Crippen molar-refractivity contribution in [1.29, 1.82) is 5.26 Å². The van der Waals surface area contributed by atoms with Crippen molar-refractivity contribution in [3.8, 4) is 11.8 Å². The molecule has 1 fully saturated rings. The van der Waals surface area contributed by atoms with Gasteiger partial charge in [0.05, 0.1) is 24.3 Å². The number of aliphatic carboxylic acids is 1. The molecule has 0 spiro atoms. The molecule has 0 aromatic heterocycles. The van der Waals surface area contributed by atoms with Crippen LogP contribution in [0.1, 0.15) is 23.1 Å². The lowest BCUT2D eigenvalue weighted by molar-refractivity contribution is -0.138. The van der Waals surface area contributed by atoms with Crippen molar-refractivity contribution >= 4 is 35.0 Å². The van der Waals surface area contributed by atoms with Crippen LogP contribution in [0.3, 0.4) is 0 Å². The van der Waals surface area contributed by atoms with Gasteiger partial charge in [0.1, 0.15) is 17.6 Å². The Balaban J connectivity index is 1.55. The fraction of sp³-hybridized carbons (Fsp3) is 0.150. The van der Waals surface area contributed by atoms with Crippen LogP contribution in [-0.2, 0) is 16.2 Å². The number of hydrogen-bond donors (Lipinski definition) is 2. The van der Waals surface area contributed by atoms with Crippen LogP contribution in [0, 0.1) is 11.3 Å². The van der Waals surface area contributed by atoms with Gasteiger partial charge in [-0.25, -0.2) is 0 Å². The average molecular weight is 408 g/mol. The number of ether oxygens (including phenoxy) is 1. The van der Waals surface area contributed by atoms with Crippen molar-refractivity contribution in [3.63, 3.8) is 0 Å². The maximum atomic E-state index is 11.6. The van der Waals surface area contributed by atoms with E-state index in [0.29, 0.717) is 17.9 Å². The van der Waals surface area contributed by atoms with Gasteiger partial charge in [-0.1, -0.05) is 30.0 Å². The normalized spacial score (nSPS) is 17.3. The Morgan fingerprint density at radius 3 is 2.76 bits per heavy atom. The number of nitrogens with zero attached hydrogens (tertiary/aromatic N) is 3. The van der Waals surface area contributed by atoms with Crippen molar-refractivity contribution in [2.45, 2.75) is 18.3 Å². The van der Waals surface area contributed by atoms with Crippen LogP contribution in [0.4, 0.5) is 0 Å². The van der Waals surface area contributed by atoms with Crippen LogP contribution in [0.5, 0.6) is 5.75 Å². The zero-order valence-corrected chi connectivity index (χ0v) is 15.9. The molecule has 2 aromatic rings. The molecule has 29 heavy (non-hydrogen) atoms. The summed E-state index contributed by atoms with van der Waals surface area (Å²) in [5.41, 5.74) is 2.17. The second-order valence-corrected chi connectivity index (χ2v) is 7.16. The molecular formula is C20H16N4O4S. The van der Waals surface area contributed by atoms with E-state index in [1.165, 1.54) is 6.21 Å². The van der Waals surface area contributed by atoms with Crippen LogP contribution in [0.15, 0.2) is 58.7 Å². The first-order valence-electron chi connectivity index (χ1n) is 8.56. The summed E-state index contributed by atoms with van der Waals surface area (Å²) in [6.45, 7) is 0.291. The van der Waals surface area contributed by atoms with Crippen LogP contribution in [0.25, 0.3) is 0 Å². The molecule has 0 radical (unpaired) electrons. The lowest BCUT2D eigenvalue weighted by atomic mass is 10.1. The van der Waals surface area contributed by atoms with E-state index in [0.717, 1.165) is 22.9 Å². The minimum absolute atomic E-state index is 0.264. The Labute approximate surface area is 170 Å². The summed E-state index contributed by atoms with van der Waals surface area (Å²) in [5.74, 6) is -0.775. The number of nitriles is 1. The van der Waals surface area contributed by atoms with Gasteiger partial charge in [-0.2, -0.15) is 10.4 Å². The van der Waals surface area contributed by atoms with Crippen molar-refractivity contribution in [3.05, 3.63) is 65.2 Å². The predicted octanol–water partition coefficient (Wildman–Crippen LogP) is 2.53. The average Bonchev–Trinajstić information content (AvgIpc) is 3.06. The molecule has 9 heteroatoms. The number of benzene rings is 2. The molecular weight excluding hydrogens is 392 g/mol.